The maximum atomic E-state index is 4.13. The van der Waals surface area contributed by atoms with Crippen LogP contribution in [0.5, 0.6) is 0 Å². The molecule has 2 rings (SSSR count). The molecule has 0 atom stereocenters. The minimum absolute atomic E-state index is 0.216. The van der Waals surface area contributed by atoms with Crippen LogP contribution in [-0.2, 0) is 20.9 Å². The second kappa shape index (κ2) is 16.9. The monoisotopic (exact) mass is 461 g/mol. The predicted octanol–water partition coefficient (Wildman–Crippen LogP) is 6.91. The van der Waals surface area contributed by atoms with Crippen LogP contribution < -0.4 is 0 Å². The first kappa shape index (κ1) is 23.8. The molecule has 0 aliphatic heterocycles. The molecule has 0 aromatic carbocycles. The second-order valence-electron chi connectivity index (χ2n) is 6.75. The molecular formula is C19H38NTa-3. The molecule has 0 amide bonds. The van der Waals surface area contributed by atoms with Crippen molar-refractivity contribution in [2.24, 2.45) is 9.26 Å². The summed E-state index contributed by atoms with van der Waals surface area (Å²) in [5.74, 6) is 1.00. The minimum atomic E-state index is 0.216. The maximum Gasteiger partial charge on any atom is -0.0491 e. The van der Waals surface area contributed by atoms with E-state index in [0.29, 0.717) is 0 Å². The third kappa shape index (κ3) is 22.9. The topological polar surface area (TPSA) is 12.4 Å². The number of rotatable bonds is 0. The molecule has 21 heavy (non-hydrogen) atoms. The van der Waals surface area contributed by atoms with Gasteiger partial charge in [0.15, 0.2) is 0 Å². The van der Waals surface area contributed by atoms with Crippen LogP contribution in [0.15, 0.2) is 3.34 Å². The van der Waals surface area contributed by atoms with Gasteiger partial charge in [0, 0.05) is 0 Å². The Hall–Kier alpha value is 0.540. The van der Waals surface area contributed by atoms with Crippen molar-refractivity contribution in [3.63, 3.8) is 0 Å². The molecule has 2 aliphatic rings. The average molecular weight is 461 g/mol. The van der Waals surface area contributed by atoms with Crippen molar-refractivity contribution in [2.75, 3.05) is 0 Å². The van der Waals surface area contributed by atoms with E-state index < -0.39 is 0 Å². The Morgan fingerprint density at radius 2 is 1.29 bits per heavy atom. The van der Waals surface area contributed by atoms with Gasteiger partial charge in [0.1, 0.15) is 0 Å². The summed E-state index contributed by atoms with van der Waals surface area (Å²) in [4.78, 5) is 0. The van der Waals surface area contributed by atoms with E-state index in [1.807, 2.05) is 0 Å². The van der Waals surface area contributed by atoms with Gasteiger partial charge in [-0.3, -0.25) is 0 Å². The van der Waals surface area contributed by atoms with Crippen molar-refractivity contribution >= 4 is 0 Å². The Labute approximate surface area is 147 Å². The fourth-order valence-electron chi connectivity index (χ4n) is 1.99. The van der Waals surface area contributed by atoms with Gasteiger partial charge >= 0.3 is 50.5 Å². The van der Waals surface area contributed by atoms with Crippen molar-refractivity contribution in [2.45, 2.75) is 97.9 Å². The summed E-state index contributed by atoms with van der Waals surface area (Å²) in [6.07, 6.45) is 17.5. The molecule has 0 radical (unpaired) electrons. The molecule has 0 bridgehead atoms. The van der Waals surface area contributed by atoms with E-state index in [9.17, 15) is 0 Å². The normalized spacial score (nSPS) is 18.7. The fourth-order valence-corrected chi connectivity index (χ4v) is 1.99. The Balaban J connectivity index is 0. The van der Waals surface area contributed by atoms with E-state index in [0.717, 1.165) is 26.8 Å². The van der Waals surface area contributed by atoms with Gasteiger partial charge in [-0.1, -0.05) is 39.0 Å². The first-order valence-corrected chi connectivity index (χ1v) is 10.1. The summed E-state index contributed by atoms with van der Waals surface area (Å²) in [7, 11) is 0. The summed E-state index contributed by atoms with van der Waals surface area (Å²) >= 11 is 1.15. The van der Waals surface area contributed by atoms with E-state index in [4.69, 9.17) is 0 Å². The smallest absolute Gasteiger partial charge is 0.0491 e. The first-order valence-electron chi connectivity index (χ1n) is 8.66. The van der Waals surface area contributed by atoms with Crippen molar-refractivity contribution < 1.29 is 20.9 Å². The van der Waals surface area contributed by atoms with Gasteiger partial charge in [-0.25, -0.2) is 0 Å². The summed E-state index contributed by atoms with van der Waals surface area (Å²) in [5, 5.41) is 0. The zero-order valence-electron chi connectivity index (χ0n) is 15.2. The molecule has 2 aliphatic carbocycles. The van der Waals surface area contributed by atoms with Crippen LogP contribution >= 0.6 is 0 Å². The fraction of sp³-hybridized carbons (Fsp3) is 0.842. The molecule has 2 fully saturated rings. The standard InChI is InChI=1S/C7H13.C6H11.C4H9N.C2H5.Ta/c1-7-5-3-2-4-6-7;1-2-4-6-5-3-1;1-4(2,3)5;1-2;/h2,7H,3-6H2,1H3;1H,2-6H2;1-3H3;1H2,2H3;/q2*-1;;-1;. The molecule has 0 saturated heterocycles. The number of nitrogens with zero attached hydrogens (tertiary/aromatic N) is 1. The molecule has 2 heteroatoms. The molecule has 0 aromatic heterocycles. The van der Waals surface area contributed by atoms with E-state index >= 15 is 0 Å². The van der Waals surface area contributed by atoms with E-state index in [1.165, 1.54) is 57.8 Å². The van der Waals surface area contributed by atoms with Gasteiger partial charge in [-0.2, -0.15) is 32.6 Å². The van der Waals surface area contributed by atoms with Crippen LogP contribution in [0.1, 0.15) is 92.4 Å². The van der Waals surface area contributed by atoms with Gasteiger partial charge < -0.3 is 19.8 Å². The quantitative estimate of drug-likeness (QED) is 0.348. The molecule has 0 N–H and O–H groups in total. The van der Waals surface area contributed by atoms with Crippen molar-refractivity contribution in [3.8, 4) is 0 Å². The molecule has 127 valence electrons. The summed E-state index contributed by atoms with van der Waals surface area (Å²) < 4.78 is 4.13. The van der Waals surface area contributed by atoms with E-state index in [-0.39, 0.29) is 5.54 Å². The SMILES string of the molecule is CC(C)(C)[N]=[Ta].CC1CC[CH-]CC1.[CH-]1CCCCC1.[CH2-]C. The molecule has 1 nitrogen and oxygen atoms in total. The van der Waals surface area contributed by atoms with Crippen molar-refractivity contribution in [3.05, 3.63) is 19.8 Å². The Morgan fingerprint density at radius 1 is 0.905 bits per heavy atom. The minimum Gasteiger partial charge on any atom is -0.346 e. The second-order valence-corrected chi connectivity index (χ2v) is 7.46. The van der Waals surface area contributed by atoms with Gasteiger partial charge in [-0.15, -0.1) is 0 Å². The van der Waals surface area contributed by atoms with Crippen LogP contribution in [0.3, 0.4) is 0 Å². The van der Waals surface area contributed by atoms with E-state index in [1.54, 1.807) is 6.92 Å². The maximum absolute atomic E-state index is 4.13. The molecule has 0 spiro atoms. The van der Waals surface area contributed by atoms with Crippen molar-refractivity contribution in [1.29, 1.82) is 0 Å². The zero-order valence-corrected chi connectivity index (χ0v) is 18.4. The summed E-state index contributed by atoms with van der Waals surface area (Å²) in [6.45, 7) is 13.7. The Bertz CT molecular complexity index is 187. The van der Waals surface area contributed by atoms with Crippen LogP contribution in [0.25, 0.3) is 0 Å². The molecule has 0 unspecified atom stereocenters. The van der Waals surface area contributed by atoms with Gasteiger partial charge in [0.2, 0.25) is 0 Å². The third-order valence-corrected chi connectivity index (χ3v) is 5.50. The third-order valence-electron chi connectivity index (χ3n) is 3.34. The number of hydrogen-bond acceptors (Lipinski definition) is 1. The zero-order chi connectivity index (χ0) is 16.6. The van der Waals surface area contributed by atoms with Crippen LogP contribution in [-0.4, -0.2) is 5.54 Å². The Morgan fingerprint density at radius 3 is 1.43 bits per heavy atom. The molecule has 0 heterocycles. The Kier molecular flexibility index (Phi) is 19.2. The summed E-state index contributed by atoms with van der Waals surface area (Å²) in [6, 6.07) is 0. The number of hydrogen-bond donors (Lipinski definition) is 0. The molecule has 2 saturated carbocycles. The molecular weight excluding hydrogens is 423 g/mol. The van der Waals surface area contributed by atoms with Crippen LogP contribution in [0.2, 0.25) is 0 Å². The van der Waals surface area contributed by atoms with Crippen LogP contribution in [0.4, 0.5) is 0 Å². The first-order chi connectivity index (χ1) is 9.95. The summed E-state index contributed by atoms with van der Waals surface area (Å²) in [5.41, 5.74) is 0.216. The largest absolute Gasteiger partial charge is 0.346 e. The average Bonchev–Trinajstić information content (AvgIpc) is 2.52. The molecule has 0 aromatic rings. The van der Waals surface area contributed by atoms with Crippen LogP contribution in [0, 0.1) is 25.7 Å². The van der Waals surface area contributed by atoms with Gasteiger partial charge in [0.25, 0.3) is 0 Å². The van der Waals surface area contributed by atoms with Gasteiger partial charge in [-0.05, 0) is 5.92 Å². The van der Waals surface area contributed by atoms with E-state index in [2.05, 4.69) is 50.8 Å². The van der Waals surface area contributed by atoms with Gasteiger partial charge in [0.05, 0.1) is 0 Å². The van der Waals surface area contributed by atoms with Crippen molar-refractivity contribution in [1.82, 2.24) is 0 Å². The predicted molar refractivity (Wildman–Crippen MR) is 92.5 cm³/mol.